The quantitative estimate of drug-likeness (QED) is 0.226. The lowest BCUT2D eigenvalue weighted by atomic mass is 10.1. The molecule has 0 aliphatic carbocycles. The van der Waals surface area contributed by atoms with Gasteiger partial charge in [0.15, 0.2) is 0 Å². The van der Waals surface area contributed by atoms with Gasteiger partial charge in [0.1, 0.15) is 11.6 Å². The molecule has 0 unspecified atom stereocenters. The highest BCUT2D eigenvalue weighted by atomic mass is 19.4. The first-order valence-corrected chi connectivity index (χ1v) is 11.0. The smallest absolute Gasteiger partial charge is 0.321 e. The first-order valence-electron chi connectivity index (χ1n) is 11.0. The molecule has 0 saturated carbocycles. The second-order valence-electron chi connectivity index (χ2n) is 7.80. The third kappa shape index (κ3) is 5.80. The normalized spacial score (nSPS) is 11.4. The fraction of sp³-hybridized carbons (Fsp3) is 0.0345. The van der Waals surface area contributed by atoms with Gasteiger partial charge in [0.25, 0.3) is 5.91 Å². The maximum absolute atomic E-state index is 12.9. The standard InChI is InChI=1S/C29H20F3N3O/c30-29(31,32)23-8-7-9-24(19-23)34-28(36)22(20-33)18-21-14-16-27(17-15-21)35(25-10-3-1-4-11-25)26-12-5-2-6-13-26/h1-19H,(H,34,36)/b22-18-. The molecule has 4 rings (SSSR count). The van der Waals surface area contributed by atoms with E-state index in [2.05, 4.69) is 10.2 Å². The summed E-state index contributed by atoms with van der Waals surface area (Å²) < 4.78 is 38.8. The number of hydrogen-bond donors (Lipinski definition) is 1. The predicted octanol–water partition coefficient (Wildman–Crippen LogP) is 7.72. The van der Waals surface area contributed by atoms with Gasteiger partial charge in [-0.05, 0) is 66.2 Å². The molecule has 7 heteroatoms. The minimum Gasteiger partial charge on any atom is -0.321 e. The Bertz CT molecular complexity index is 1370. The van der Waals surface area contributed by atoms with Gasteiger partial charge in [0, 0.05) is 22.7 Å². The van der Waals surface area contributed by atoms with Gasteiger partial charge in [0.2, 0.25) is 0 Å². The molecular weight excluding hydrogens is 463 g/mol. The molecule has 0 heterocycles. The number of carbonyl (C=O) groups is 1. The van der Waals surface area contributed by atoms with Gasteiger partial charge in [-0.3, -0.25) is 4.79 Å². The Hall–Kier alpha value is -4.83. The minimum atomic E-state index is -4.54. The van der Waals surface area contributed by atoms with Crippen molar-refractivity contribution in [2.45, 2.75) is 6.18 Å². The van der Waals surface area contributed by atoms with Crippen LogP contribution in [0.25, 0.3) is 6.08 Å². The van der Waals surface area contributed by atoms with E-state index in [1.165, 1.54) is 18.2 Å². The van der Waals surface area contributed by atoms with Crippen molar-refractivity contribution < 1.29 is 18.0 Å². The number of carbonyl (C=O) groups excluding carboxylic acids is 1. The molecular formula is C29H20F3N3O. The lowest BCUT2D eigenvalue weighted by Crippen LogP contribution is -2.14. The van der Waals surface area contributed by atoms with Crippen LogP contribution in [0.1, 0.15) is 11.1 Å². The predicted molar refractivity (Wildman–Crippen MR) is 135 cm³/mol. The van der Waals surface area contributed by atoms with Gasteiger partial charge < -0.3 is 10.2 Å². The molecule has 1 amide bonds. The molecule has 4 nitrogen and oxygen atoms in total. The van der Waals surface area contributed by atoms with E-state index in [1.54, 1.807) is 12.1 Å². The van der Waals surface area contributed by atoms with E-state index in [0.29, 0.717) is 5.56 Å². The van der Waals surface area contributed by atoms with E-state index in [1.807, 2.05) is 78.9 Å². The van der Waals surface area contributed by atoms with Gasteiger partial charge >= 0.3 is 6.18 Å². The van der Waals surface area contributed by atoms with Crippen LogP contribution >= 0.6 is 0 Å². The Morgan fingerprint density at radius 1 is 0.778 bits per heavy atom. The summed E-state index contributed by atoms with van der Waals surface area (Å²) in [5.41, 5.74) is 2.22. The summed E-state index contributed by atoms with van der Waals surface area (Å²) in [5, 5.41) is 11.9. The van der Waals surface area contributed by atoms with Crippen molar-refractivity contribution in [2.75, 3.05) is 10.2 Å². The van der Waals surface area contributed by atoms with Crippen molar-refractivity contribution >= 4 is 34.7 Å². The third-order valence-corrected chi connectivity index (χ3v) is 5.30. The zero-order valence-corrected chi connectivity index (χ0v) is 18.9. The van der Waals surface area contributed by atoms with Gasteiger partial charge in [-0.15, -0.1) is 0 Å². The molecule has 0 fully saturated rings. The van der Waals surface area contributed by atoms with E-state index in [0.717, 1.165) is 29.2 Å². The van der Waals surface area contributed by atoms with Crippen LogP contribution in [0.3, 0.4) is 0 Å². The van der Waals surface area contributed by atoms with E-state index in [-0.39, 0.29) is 11.3 Å². The first kappa shape index (κ1) is 24.3. The SMILES string of the molecule is N#C/C(=C/c1ccc(N(c2ccccc2)c2ccccc2)cc1)C(=O)Nc1cccc(C(F)(F)F)c1. The largest absolute Gasteiger partial charge is 0.416 e. The molecule has 0 aliphatic rings. The van der Waals surface area contributed by atoms with Crippen LogP contribution in [0.2, 0.25) is 0 Å². The lowest BCUT2D eigenvalue weighted by Gasteiger charge is -2.25. The maximum Gasteiger partial charge on any atom is 0.416 e. The summed E-state index contributed by atoms with van der Waals surface area (Å²) in [4.78, 5) is 14.6. The van der Waals surface area contributed by atoms with E-state index in [4.69, 9.17) is 0 Å². The minimum absolute atomic E-state index is 0.0484. The molecule has 4 aromatic rings. The lowest BCUT2D eigenvalue weighted by molar-refractivity contribution is -0.137. The molecule has 0 atom stereocenters. The number of nitrogens with zero attached hydrogens (tertiary/aromatic N) is 2. The molecule has 0 spiro atoms. The number of halogens is 3. The summed E-state index contributed by atoms with van der Waals surface area (Å²) in [7, 11) is 0. The average molecular weight is 483 g/mol. The number of para-hydroxylation sites is 2. The summed E-state index contributed by atoms with van der Waals surface area (Å²) in [6.45, 7) is 0. The van der Waals surface area contributed by atoms with Crippen molar-refractivity contribution in [2.24, 2.45) is 0 Å². The monoisotopic (exact) mass is 483 g/mol. The van der Waals surface area contributed by atoms with Crippen LogP contribution in [0.5, 0.6) is 0 Å². The summed E-state index contributed by atoms with van der Waals surface area (Å²) in [5.74, 6) is -0.795. The van der Waals surface area contributed by atoms with E-state index in [9.17, 15) is 23.2 Å². The highest BCUT2D eigenvalue weighted by molar-refractivity contribution is 6.09. The zero-order chi connectivity index (χ0) is 25.5. The number of anilines is 4. The average Bonchev–Trinajstić information content (AvgIpc) is 2.89. The van der Waals surface area contributed by atoms with Crippen LogP contribution in [0.4, 0.5) is 35.9 Å². The van der Waals surface area contributed by atoms with Crippen molar-refractivity contribution in [3.63, 3.8) is 0 Å². The van der Waals surface area contributed by atoms with Crippen LogP contribution in [-0.4, -0.2) is 5.91 Å². The number of alkyl halides is 3. The first-order chi connectivity index (χ1) is 17.3. The number of benzene rings is 4. The molecule has 0 radical (unpaired) electrons. The van der Waals surface area contributed by atoms with Crippen LogP contribution in [-0.2, 0) is 11.0 Å². The van der Waals surface area contributed by atoms with Gasteiger partial charge in [-0.1, -0.05) is 54.6 Å². The van der Waals surface area contributed by atoms with Crippen molar-refractivity contribution in [1.82, 2.24) is 0 Å². The summed E-state index contributed by atoms with van der Waals surface area (Å²) >= 11 is 0. The molecule has 0 saturated heterocycles. The van der Waals surface area contributed by atoms with Crippen LogP contribution < -0.4 is 10.2 Å². The Morgan fingerprint density at radius 2 is 1.33 bits per heavy atom. The summed E-state index contributed by atoms with van der Waals surface area (Å²) in [6, 6.07) is 33.0. The molecule has 0 bridgehead atoms. The highest BCUT2D eigenvalue weighted by Gasteiger charge is 2.30. The number of nitriles is 1. The van der Waals surface area contributed by atoms with Crippen LogP contribution in [0, 0.1) is 11.3 Å². The Morgan fingerprint density at radius 3 is 1.86 bits per heavy atom. The number of rotatable bonds is 6. The Balaban J connectivity index is 1.58. The summed E-state index contributed by atoms with van der Waals surface area (Å²) in [6.07, 6.45) is -3.15. The number of amides is 1. The maximum atomic E-state index is 12.9. The zero-order valence-electron chi connectivity index (χ0n) is 18.9. The molecule has 4 aromatic carbocycles. The van der Waals surface area contributed by atoms with Crippen molar-refractivity contribution in [3.05, 3.63) is 126 Å². The van der Waals surface area contributed by atoms with Crippen molar-refractivity contribution in [3.8, 4) is 6.07 Å². The second kappa shape index (κ2) is 10.6. The Kier molecular flexibility index (Phi) is 7.17. The van der Waals surface area contributed by atoms with E-state index < -0.39 is 17.6 Å². The molecule has 0 aromatic heterocycles. The molecule has 178 valence electrons. The topological polar surface area (TPSA) is 56.1 Å². The fourth-order valence-electron chi connectivity index (χ4n) is 3.61. The van der Waals surface area contributed by atoms with Crippen LogP contribution in [0.15, 0.2) is 115 Å². The fourth-order valence-corrected chi connectivity index (χ4v) is 3.61. The molecule has 0 aliphatic heterocycles. The van der Waals surface area contributed by atoms with Gasteiger partial charge in [-0.25, -0.2) is 0 Å². The Labute approximate surface area is 206 Å². The number of hydrogen-bond acceptors (Lipinski definition) is 3. The van der Waals surface area contributed by atoms with E-state index >= 15 is 0 Å². The molecule has 36 heavy (non-hydrogen) atoms. The highest BCUT2D eigenvalue weighted by Crippen LogP contribution is 2.34. The van der Waals surface area contributed by atoms with Gasteiger partial charge in [0.05, 0.1) is 5.56 Å². The second-order valence-corrected chi connectivity index (χ2v) is 7.80. The number of nitrogens with one attached hydrogen (secondary N) is 1. The molecule has 1 N–H and O–H groups in total. The van der Waals surface area contributed by atoms with Gasteiger partial charge in [-0.2, -0.15) is 18.4 Å². The third-order valence-electron chi connectivity index (χ3n) is 5.30. The van der Waals surface area contributed by atoms with Crippen molar-refractivity contribution in [1.29, 1.82) is 5.26 Å².